The molecule has 3 nitrogen and oxygen atoms in total. The summed E-state index contributed by atoms with van der Waals surface area (Å²) in [6.07, 6.45) is 9.79. The van der Waals surface area contributed by atoms with Crippen LogP contribution in [0.5, 0.6) is 0 Å². The van der Waals surface area contributed by atoms with Crippen molar-refractivity contribution in [2.24, 2.45) is 0 Å². The van der Waals surface area contributed by atoms with Gasteiger partial charge < -0.3 is 10.1 Å². The van der Waals surface area contributed by atoms with Gasteiger partial charge in [0.15, 0.2) is 0 Å². The standard InChI is InChI=1S/C16H29NO2S/c1-3-17-16(15(18)19-4-2)11-7-10-14(12-16)20-13-8-5-6-9-13/h13-14,17H,3-12H2,1-2H3. The first kappa shape index (κ1) is 16.2. The van der Waals surface area contributed by atoms with Gasteiger partial charge in [-0.05, 0) is 52.0 Å². The van der Waals surface area contributed by atoms with E-state index in [0.717, 1.165) is 31.1 Å². The number of hydrogen-bond acceptors (Lipinski definition) is 4. The number of ether oxygens (including phenoxy) is 1. The number of carbonyl (C=O) groups is 1. The van der Waals surface area contributed by atoms with Crippen molar-refractivity contribution in [3.63, 3.8) is 0 Å². The van der Waals surface area contributed by atoms with Crippen molar-refractivity contribution in [1.82, 2.24) is 5.32 Å². The number of nitrogens with one attached hydrogen (secondary N) is 1. The normalized spacial score (nSPS) is 31.4. The highest BCUT2D eigenvalue weighted by Crippen LogP contribution is 2.41. The summed E-state index contributed by atoms with van der Waals surface area (Å²) in [5, 5.41) is 4.90. The third-order valence-electron chi connectivity index (χ3n) is 4.57. The van der Waals surface area contributed by atoms with Gasteiger partial charge in [0.25, 0.3) is 0 Å². The van der Waals surface area contributed by atoms with Gasteiger partial charge >= 0.3 is 5.97 Å². The summed E-state index contributed by atoms with van der Waals surface area (Å²) >= 11 is 2.14. The van der Waals surface area contributed by atoms with Crippen LogP contribution in [0.2, 0.25) is 0 Å². The smallest absolute Gasteiger partial charge is 0.326 e. The summed E-state index contributed by atoms with van der Waals surface area (Å²) in [5.74, 6) is -0.0291. The number of rotatable bonds is 6. The monoisotopic (exact) mass is 299 g/mol. The van der Waals surface area contributed by atoms with E-state index in [1.54, 1.807) is 0 Å². The maximum Gasteiger partial charge on any atom is 0.326 e. The van der Waals surface area contributed by atoms with Crippen LogP contribution in [0.3, 0.4) is 0 Å². The van der Waals surface area contributed by atoms with Gasteiger partial charge in [-0.2, -0.15) is 11.8 Å². The summed E-state index contributed by atoms with van der Waals surface area (Å²) in [6, 6.07) is 0. The molecular weight excluding hydrogens is 270 g/mol. The predicted molar refractivity (Wildman–Crippen MR) is 85.1 cm³/mol. The van der Waals surface area contributed by atoms with Crippen LogP contribution in [0, 0.1) is 0 Å². The molecule has 0 spiro atoms. The predicted octanol–water partition coefficient (Wildman–Crippen LogP) is 3.52. The van der Waals surface area contributed by atoms with Crippen molar-refractivity contribution in [3.8, 4) is 0 Å². The molecule has 0 aromatic rings. The van der Waals surface area contributed by atoms with Gasteiger partial charge in [0.1, 0.15) is 5.54 Å². The van der Waals surface area contributed by atoms with Crippen LogP contribution in [-0.2, 0) is 9.53 Å². The van der Waals surface area contributed by atoms with Gasteiger partial charge in [-0.3, -0.25) is 4.79 Å². The van der Waals surface area contributed by atoms with Gasteiger partial charge in [-0.15, -0.1) is 0 Å². The molecule has 2 atom stereocenters. The van der Waals surface area contributed by atoms with Gasteiger partial charge in [-0.25, -0.2) is 0 Å². The van der Waals surface area contributed by atoms with Crippen LogP contribution >= 0.6 is 11.8 Å². The van der Waals surface area contributed by atoms with Gasteiger partial charge in [0, 0.05) is 10.5 Å². The number of likely N-dealkylation sites (N-methyl/N-ethyl adjacent to an activating group) is 1. The molecule has 20 heavy (non-hydrogen) atoms. The Morgan fingerprint density at radius 2 is 1.90 bits per heavy atom. The Morgan fingerprint density at radius 1 is 1.20 bits per heavy atom. The van der Waals surface area contributed by atoms with E-state index < -0.39 is 5.54 Å². The molecule has 2 aliphatic carbocycles. The van der Waals surface area contributed by atoms with E-state index in [4.69, 9.17) is 4.74 Å². The highest BCUT2D eigenvalue weighted by Gasteiger charge is 2.44. The molecule has 4 heteroatoms. The average Bonchev–Trinajstić information content (AvgIpc) is 2.92. The lowest BCUT2D eigenvalue weighted by molar-refractivity contribution is -0.152. The molecule has 2 rings (SSSR count). The quantitative estimate of drug-likeness (QED) is 0.762. The third kappa shape index (κ3) is 3.91. The summed E-state index contributed by atoms with van der Waals surface area (Å²) in [7, 11) is 0. The fourth-order valence-corrected chi connectivity index (χ4v) is 5.50. The van der Waals surface area contributed by atoms with Gasteiger partial charge in [-0.1, -0.05) is 19.8 Å². The van der Waals surface area contributed by atoms with Crippen LogP contribution in [0.15, 0.2) is 0 Å². The first-order chi connectivity index (χ1) is 9.70. The molecule has 116 valence electrons. The molecule has 0 radical (unpaired) electrons. The minimum atomic E-state index is -0.417. The van der Waals surface area contributed by atoms with Crippen LogP contribution in [0.25, 0.3) is 0 Å². The van der Waals surface area contributed by atoms with E-state index >= 15 is 0 Å². The molecule has 0 amide bonds. The number of hydrogen-bond donors (Lipinski definition) is 1. The number of esters is 1. The Bertz CT molecular complexity index is 314. The zero-order valence-corrected chi connectivity index (χ0v) is 13.8. The molecule has 1 N–H and O–H groups in total. The van der Waals surface area contributed by atoms with Crippen LogP contribution < -0.4 is 5.32 Å². The van der Waals surface area contributed by atoms with Gasteiger partial charge in [0.05, 0.1) is 6.61 Å². The van der Waals surface area contributed by atoms with E-state index in [1.165, 1.54) is 32.1 Å². The highest BCUT2D eigenvalue weighted by molar-refractivity contribution is 8.00. The van der Waals surface area contributed by atoms with Crippen molar-refractivity contribution in [2.45, 2.75) is 81.3 Å². The third-order valence-corrected chi connectivity index (χ3v) is 6.22. The summed E-state index contributed by atoms with van der Waals surface area (Å²) in [5.41, 5.74) is -0.417. The first-order valence-corrected chi connectivity index (χ1v) is 9.22. The second kappa shape index (κ2) is 7.69. The summed E-state index contributed by atoms with van der Waals surface area (Å²) < 4.78 is 5.34. The lowest BCUT2D eigenvalue weighted by atomic mass is 9.81. The van der Waals surface area contributed by atoms with Crippen molar-refractivity contribution < 1.29 is 9.53 Å². The summed E-state index contributed by atoms with van der Waals surface area (Å²) in [4.78, 5) is 12.4. The second-order valence-electron chi connectivity index (χ2n) is 6.09. The lowest BCUT2D eigenvalue weighted by Gasteiger charge is -2.39. The van der Waals surface area contributed by atoms with E-state index in [-0.39, 0.29) is 5.97 Å². The highest BCUT2D eigenvalue weighted by atomic mass is 32.2. The Kier molecular flexibility index (Phi) is 6.21. The molecular formula is C16H29NO2S. The molecule has 2 saturated carbocycles. The molecule has 0 bridgehead atoms. The van der Waals surface area contributed by atoms with Crippen molar-refractivity contribution in [2.75, 3.05) is 13.2 Å². The molecule has 0 heterocycles. The van der Waals surface area contributed by atoms with Gasteiger partial charge in [0.2, 0.25) is 0 Å². The molecule has 2 fully saturated rings. The largest absolute Gasteiger partial charge is 0.465 e. The molecule has 0 aromatic carbocycles. The van der Waals surface area contributed by atoms with Crippen molar-refractivity contribution in [3.05, 3.63) is 0 Å². The van der Waals surface area contributed by atoms with Crippen molar-refractivity contribution >= 4 is 17.7 Å². The maximum atomic E-state index is 12.4. The number of thioether (sulfide) groups is 1. The second-order valence-corrected chi connectivity index (χ2v) is 7.70. The topological polar surface area (TPSA) is 38.3 Å². The number of carbonyl (C=O) groups excluding carboxylic acids is 1. The Labute approximate surface area is 127 Å². The Hall–Kier alpha value is -0.220. The molecule has 2 unspecified atom stereocenters. The molecule has 2 aliphatic rings. The summed E-state index contributed by atoms with van der Waals surface area (Å²) in [6.45, 7) is 5.28. The van der Waals surface area contributed by atoms with Crippen LogP contribution in [0.1, 0.15) is 65.2 Å². The maximum absolute atomic E-state index is 12.4. The van der Waals surface area contributed by atoms with Crippen LogP contribution in [0.4, 0.5) is 0 Å². The van der Waals surface area contributed by atoms with Crippen molar-refractivity contribution in [1.29, 1.82) is 0 Å². The Morgan fingerprint density at radius 3 is 2.55 bits per heavy atom. The molecule has 0 saturated heterocycles. The van der Waals surface area contributed by atoms with E-state index in [2.05, 4.69) is 24.0 Å². The van der Waals surface area contributed by atoms with E-state index in [1.807, 2.05) is 6.92 Å². The zero-order valence-electron chi connectivity index (χ0n) is 13.0. The SMILES string of the molecule is CCNC1(C(=O)OCC)CCCC(SC2CCCC2)C1. The zero-order chi connectivity index (χ0) is 14.4. The van der Waals surface area contributed by atoms with Crippen LogP contribution in [-0.4, -0.2) is 35.2 Å². The first-order valence-electron chi connectivity index (χ1n) is 8.28. The Balaban J connectivity index is 1.97. The fourth-order valence-electron chi connectivity index (χ4n) is 3.66. The minimum Gasteiger partial charge on any atom is -0.465 e. The van der Waals surface area contributed by atoms with E-state index in [9.17, 15) is 4.79 Å². The minimum absolute atomic E-state index is 0.0291. The molecule has 0 aliphatic heterocycles. The fraction of sp³-hybridized carbons (Fsp3) is 0.938. The van der Waals surface area contributed by atoms with E-state index in [0.29, 0.717) is 11.9 Å². The lowest BCUT2D eigenvalue weighted by Crippen LogP contribution is -2.56. The average molecular weight is 299 g/mol. The molecule has 0 aromatic heterocycles.